The standard InChI is InChI=1S/C13H18N4S/c1-8(2)13-16-11(14)6-12(17-13)15-9(3)10-4-5-18-7-10/h4-9H,1-3H3,(H3,14,15,16,17). The Bertz CT molecular complexity index is 508. The predicted octanol–water partition coefficient (Wildman–Crippen LogP) is 3.42. The number of anilines is 2. The van der Waals surface area contributed by atoms with Crippen LogP contribution in [0.2, 0.25) is 0 Å². The van der Waals surface area contributed by atoms with E-state index in [1.807, 2.05) is 0 Å². The van der Waals surface area contributed by atoms with E-state index in [-0.39, 0.29) is 12.0 Å². The van der Waals surface area contributed by atoms with E-state index in [1.165, 1.54) is 5.56 Å². The molecule has 0 saturated heterocycles. The molecule has 18 heavy (non-hydrogen) atoms. The van der Waals surface area contributed by atoms with Crippen molar-refractivity contribution in [2.75, 3.05) is 11.1 Å². The van der Waals surface area contributed by atoms with Crippen LogP contribution in [0.4, 0.5) is 11.6 Å². The van der Waals surface area contributed by atoms with Gasteiger partial charge in [-0.1, -0.05) is 13.8 Å². The summed E-state index contributed by atoms with van der Waals surface area (Å²) in [6, 6.07) is 4.09. The molecule has 0 bridgehead atoms. The van der Waals surface area contributed by atoms with E-state index >= 15 is 0 Å². The molecule has 0 aliphatic carbocycles. The fourth-order valence-corrected chi connectivity index (χ4v) is 2.40. The fraction of sp³-hybridized carbons (Fsp3) is 0.385. The Balaban J connectivity index is 2.18. The molecule has 5 heteroatoms. The Morgan fingerprint density at radius 3 is 2.67 bits per heavy atom. The molecule has 0 aromatic carbocycles. The molecule has 0 fully saturated rings. The van der Waals surface area contributed by atoms with Crippen molar-refractivity contribution in [2.24, 2.45) is 0 Å². The minimum atomic E-state index is 0.213. The Morgan fingerprint density at radius 1 is 1.28 bits per heavy atom. The third-order valence-corrected chi connectivity index (χ3v) is 3.39. The zero-order valence-electron chi connectivity index (χ0n) is 10.8. The smallest absolute Gasteiger partial charge is 0.135 e. The number of nitrogens with zero attached hydrogens (tertiary/aromatic N) is 2. The SMILES string of the molecule is CC(C)c1nc(N)cc(NC(C)c2ccsc2)n1. The number of nitrogens with one attached hydrogen (secondary N) is 1. The number of hydrogen-bond donors (Lipinski definition) is 2. The summed E-state index contributed by atoms with van der Waals surface area (Å²) in [7, 11) is 0. The van der Waals surface area contributed by atoms with Crippen LogP contribution >= 0.6 is 11.3 Å². The third-order valence-electron chi connectivity index (χ3n) is 2.69. The highest BCUT2D eigenvalue weighted by atomic mass is 32.1. The summed E-state index contributed by atoms with van der Waals surface area (Å²) < 4.78 is 0. The van der Waals surface area contributed by atoms with E-state index in [0.29, 0.717) is 5.82 Å². The molecule has 2 aromatic rings. The van der Waals surface area contributed by atoms with Crippen LogP contribution in [-0.4, -0.2) is 9.97 Å². The van der Waals surface area contributed by atoms with Gasteiger partial charge in [0.25, 0.3) is 0 Å². The van der Waals surface area contributed by atoms with Gasteiger partial charge in [0.15, 0.2) is 0 Å². The number of hydrogen-bond acceptors (Lipinski definition) is 5. The molecule has 0 saturated carbocycles. The van der Waals surface area contributed by atoms with Crippen LogP contribution < -0.4 is 11.1 Å². The minimum absolute atomic E-state index is 0.213. The van der Waals surface area contributed by atoms with Crippen LogP contribution in [0.5, 0.6) is 0 Å². The maximum Gasteiger partial charge on any atom is 0.135 e. The van der Waals surface area contributed by atoms with E-state index in [1.54, 1.807) is 17.4 Å². The second-order valence-corrected chi connectivity index (χ2v) is 5.39. The summed E-state index contributed by atoms with van der Waals surface area (Å²) in [5.41, 5.74) is 7.06. The first kappa shape index (κ1) is 12.8. The highest BCUT2D eigenvalue weighted by Gasteiger charge is 2.10. The summed E-state index contributed by atoms with van der Waals surface area (Å²) >= 11 is 1.69. The summed E-state index contributed by atoms with van der Waals surface area (Å²) in [6.07, 6.45) is 0. The van der Waals surface area contributed by atoms with Crippen molar-refractivity contribution in [3.05, 3.63) is 34.3 Å². The summed E-state index contributed by atoms with van der Waals surface area (Å²) in [5, 5.41) is 7.56. The molecule has 0 aliphatic rings. The number of nitrogens with two attached hydrogens (primary N) is 1. The fourth-order valence-electron chi connectivity index (χ4n) is 1.64. The van der Waals surface area contributed by atoms with Crippen LogP contribution in [0, 0.1) is 0 Å². The first-order valence-corrected chi connectivity index (χ1v) is 6.93. The number of aromatic nitrogens is 2. The lowest BCUT2D eigenvalue weighted by Crippen LogP contribution is -2.10. The Morgan fingerprint density at radius 2 is 2.06 bits per heavy atom. The van der Waals surface area contributed by atoms with Crippen LogP contribution in [-0.2, 0) is 0 Å². The second-order valence-electron chi connectivity index (χ2n) is 4.61. The summed E-state index contributed by atoms with van der Waals surface area (Å²) in [6.45, 7) is 6.22. The Kier molecular flexibility index (Phi) is 3.81. The first-order chi connectivity index (χ1) is 8.56. The molecule has 0 amide bonds. The molecular formula is C13H18N4S. The van der Waals surface area contributed by atoms with Gasteiger partial charge in [-0.25, -0.2) is 9.97 Å². The van der Waals surface area contributed by atoms with Gasteiger partial charge < -0.3 is 11.1 Å². The van der Waals surface area contributed by atoms with Gasteiger partial charge in [-0.2, -0.15) is 11.3 Å². The zero-order valence-corrected chi connectivity index (χ0v) is 11.7. The molecule has 1 unspecified atom stereocenters. The number of rotatable bonds is 4. The van der Waals surface area contributed by atoms with E-state index < -0.39 is 0 Å². The molecule has 2 heterocycles. The lowest BCUT2D eigenvalue weighted by atomic mass is 10.2. The maximum absolute atomic E-state index is 5.80. The van der Waals surface area contributed by atoms with Gasteiger partial charge in [0.1, 0.15) is 17.5 Å². The van der Waals surface area contributed by atoms with E-state index in [0.717, 1.165) is 11.6 Å². The van der Waals surface area contributed by atoms with Crippen molar-refractivity contribution in [1.82, 2.24) is 9.97 Å². The highest BCUT2D eigenvalue weighted by Crippen LogP contribution is 2.22. The van der Waals surface area contributed by atoms with Gasteiger partial charge in [-0.3, -0.25) is 0 Å². The topological polar surface area (TPSA) is 63.8 Å². The quantitative estimate of drug-likeness (QED) is 0.886. The third kappa shape index (κ3) is 2.98. The van der Waals surface area contributed by atoms with Crippen LogP contribution in [0.15, 0.2) is 22.9 Å². The average Bonchev–Trinajstić information content (AvgIpc) is 2.81. The van der Waals surface area contributed by atoms with E-state index in [9.17, 15) is 0 Å². The van der Waals surface area contributed by atoms with Gasteiger partial charge in [0, 0.05) is 12.0 Å². The maximum atomic E-state index is 5.80. The lowest BCUT2D eigenvalue weighted by Gasteiger charge is -2.15. The highest BCUT2D eigenvalue weighted by molar-refractivity contribution is 7.07. The van der Waals surface area contributed by atoms with Crippen LogP contribution in [0.1, 0.15) is 44.1 Å². The monoisotopic (exact) mass is 262 g/mol. The summed E-state index contributed by atoms with van der Waals surface area (Å²) in [4.78, 5) is 8.72. The molecule has 0 spiro atoms. The first-order valence-electron chi connectivity index (χ1n) is 5.99. The van der Waals surface area contributed by atoms with E-state index in [2.05, 4.69) is 52.9 Å². The number of nitrogen functional groups attached to an aromatic ring is 1. The van der Waals surface area contributed by atoms with Crippen LogP contribution in [0.3, 0.4) is 0 Å². The van der Waals surface area contributed by atoms with Gasteiger partial charge in [0.2, 0.25) is 0 Å². The molecule has 3 N–H and O–H groups in total. The van der Waals surface area contributed by atoms with Crippen molar-refractivity contribution >= 4 is 23.0 Å². The van der Waals surface area contributed by atoms with Crippen LogP contribution in [0.25, 0.3) is 0 Å². The average molecular weight is 262 g/mol. The molecule has 2 rings (SSSR count). The summed E-state index contributed by atoms with van der Waals surface area (Å²) in [5.74, 6) is 2.33. The van der Waals surface area contributed by atoms with Gasteiger partial charge in [-0.15, -0.1) is 0 Å². The zero-order chi connectivity index (χ0) is 13.1. The molecule has 1 atom stereocenters. The van der Waals surface area contributed by atoms with E-state index in [4.69, 9.17) is 5.73 Å². The minimum Gasteiger partial charge on any atom is -0.384 e. The molecule has 0 radical (unpaired) electrons. The van der Waals surface area contributed by atoms with Gasteiger partial charge >= 0.3 is 0 Å². The Labute approximate surface area is 111 Å². The van der Waals surface area contributed by atoms with Crippen molar-refractivity contribution < 1.29 is 0 Å². The molecule has 2 aromatic heterocycles. The van der Waals surface area contributed by atoms with Crippen molar-refractivity contribution in [2.45, 2.75) is 32.7 Å². The largest absolute Gasteiger partial charge is 0.384 e. The van der Waals surface area contributed by atoms with Crippen molar-refractivity contribution in [3.8, 4) is 0 Å². The van der Waals surface area contributed by atoms with Gasteiger partial charge in [0.05, 0.1) is 6.04 Å². The second kappa shape index (κ2) is 5.35. The lowest BCUT2D eigenvalue weighted by molar-refractivity contribution is 0.771. The molecule has 96 valence electrons. The molecular weight excluding hydrogens is 244 g/mol. The predicted molar refractivity (Wildman–Crippen MR) is 76.9 cm³/mol. The molecule has 4 nitrogen and oxygen atoms in total. The molecule has 0 aliphatic heterocycles. The van der Waals surface area contributed by atoms with Crippen molar-refractivity contribution in [3.63, 3.8) is 0 Å². The number of thiophene rings is 1. The van der Waals surface area contributed by atoms with Crippen molar-refractivity contribution in [1.29, 1.82) is 0 Å². The Hall–Kier alpha value is -1.62. The van der Waals surface area contributed by atoms with Gasteiger partial charge in [-0.05, 0) is 29.3 Å². The normalized spacial score (nSPS) is 12.7.